The first kappa shape index (κ1) is 10.4. The van der Waals surface area contributed by atoms with Gasteiger partial charge in [0.25, 0.3) is 0 Å². The smallest absolute Gasteiger partial charge is 0.350 e. The molecule has 0 fully saturated rings. The number of ether oxygens (including phenoxy) is 3. The number of hydrogen-bond donors (Lipinski definition) is 1. The van der Waals surface area contributed by atoms with Crippen molar-refractivity contribution in [2.45, 2.75) is 0 Å². The molecule has 5 heteroatoms. The molecule has 0 spiro atoms. The van der Waals surface area contributed by atoms with Gasteiger partial charge in [-0.1, -0.05) is 0 Å². The Hall–Kier alpha value is -2.17. The first-order valence-electron chi connectivity index (χ1n) is 4.60. The van der Waals surface area contributed by atoms with Crippen LogP contribution in [-0.2, 0) is 4.74 Å². The molecule has 16 heavy (non-hydrogen) atoms. The molecule has 0 bridgehead atoms. The van der Waals surface area contributed by atoms with Crippen LogP contribution in [0.5, 0.6) is 11.5 Å². The molecule has 1 heterocycles. The lowest BCUT2D eigenvalue weighted by Gasteiger charge is -2.21. The minimum atomic E-state index is -0.488. The van der Waals surface area contributed by atoms with Gasteiger partial charge in [-0.15, -0.1) is 0 Å². The summed E-state index contributed by atoms with van der Waals surface area (Å²) in [6.07, 6.45) is 0. The van der Waals surface area contributed by atoms with E-state index in [4.69, 9.17) is 14.2 Å². The van der Waals surface area contributed by atoms with Crippen LogP contribution in [-0.4, -0.2) is 20.2 Å². The zero-order chi connectivity index (χ0) is 11.7. The molecule has 1 aromatic rings. The van der Waals surface area contributed by atoms with Crippen LogP contribution < -0.4 is 14.8 Å². The van der Waals surface area contributed by atoms with Crippen LogP contribution >= 0.6 is 0 Å². The fourth-order valence-electron chi connectivity index (χ4n) is 1.52. The van der Waals surface area contributed by atoms with Crippen LogP contribution in [0, 0.1) is 0 Å². The number of rotatable bonds is 2. The number of anilines is 1. The summed E-state index contributed by atoms with van der Waals surface area (Å²) in [5, 5.41) is 2.84. The molecule has 1 aliphatic heterocycles. The predicted molar refractivity (Wildman–Crippen MR) is 57.7 cm³/mol. The van der Waals surface area contributed by atoms with Gasteiger partial charge in [-0.3, -0.25) is 0 Å². The number of fused-ring (bicyclic) bond motifs is 1. The molecule has 5 nitrogen and oxygen atoms in total. The zero-order valence-corrected chi connectivity index (χ0v) is 8.99. The highest BCUT2D eigenvalue weighted by Gasteiger charge is 2.26. The Bertz CT molecular complexity index is 467. The molecule has 0 saturated carbocycles. The Morgan fingerprint density at radius 3 is 2.69 bits per heavy atom. The standard InChI is InChI=1S/C11H11NO4/c1-6-12-8-4-7(14-2)5-9(15-3)10(8)11(13)16-6/h4-5,12H,1H2,2-3H3. The van der Waals surface area contributed by atoms with Crippen LogP contribution in [0.2, 0.25) is 0 Å². The van der Waals surface area contributed by atoms with E-state index >= 15 is 0 Å². The number of esters is 1. The van der Waals surface area contributed by atoms with Gasteiger partial charge in [0.15, 0.2) is 5.88 Å². The van der Waals surface area contributed by atoms with Crippen molar-refractivity contribution in [3.8, 4) is 11.5 Å². The van der Waals surface area contributed by atoms with E-state index in [9.17, 15) is 4.79 Å². The third kappa shape index (κ3) is 1.56. The van der Waals surface area contributed by atoms with Gasteiger partial charge < -0.3 is 19.5 Å². The fraction of sp³-hybridized carbons (Fsp3) is 0.182. The molecule has 0 saturated heterocycles. The average molecular weight is 221 g/mol. The molecule has 0 radical (unpaired) electrons. The van der Waals surface area contributed by atoms with E-state index in [1.54, 1.807) is 12.1 Å². The zero-order valence-electron chi connectivity index (χ0n) is 8.99. The summed E-state index contributed by atoms with van der Waals surface area (Å²) in [6.45, 7) is 3.54. The monoisotopic (exact) mass is 221 g/mol. The van der Waals surface area contributed by atoms with E-state index < -0.39 is 5.97 Å². The number of methoxy groups -OCH3 is 2. The number of nitrogens with one attached hydrogen (secondary N) is 1. The third-order valence-corrected chi connectivity index (χ3v) is 2.23. The SMILES string of the molecule is C=C1Nc2cc(OC)cc(OC)c2C(=O)O1. The van der Waals surface area contributed by atoms with Crippen molar-refractivity contribution < 1.29 is 19.0 Å². The number of hydrogen-bond acceptors (Lipinski definition) is 5. The molecule has 1 aliphatic rings. The summed E-state index contributed by atoms with van der Waals surface area (Å²) in [6, 6.07) is 3.30. The van der Waals surface area contributed by atoms with Crippen LogP contribution in [0.15, 0.2) is 24.6 Å². The topological polar surface area (TPSA) is 56.8 Å². The van der Waals surface area contributed by atoms with Gasteiger partial charge in [-0.2, -0.15) is 0 Å². The Morgan fingerprint density at radius 1 is 1.31 bits per heavy atom. The minimum absolute atomic E-state index is 0.188. The van der Waals surface area contributed by atoms with Gasteiger partial charge in [0.05, 0.1) is 19.9 Å². The molecule has 1 N–H and O–H groups in total. The van der Waals surface area contributed by atoms with Gasteiger partial charge in [0.1, 0.15) is 17.1 Å². The van der Waals surface area contributed by atoms with Crippen LogP contribution in [0.4, 0.5) is 5.69 Å². The van der Waals surface area contributed by atoms with Gasteiger partial charge in [-0.05, 0) is 6.58 Å². The van der Waals surface area contributed by atoms with Crippen molar-refractivity contribution in [3.05, 3.63) is 30.2 Å². The van der Waals surface area contributed by atoms with Crippen LogP contribution in [0.3, 0.4) is 0 Å². The number of carbonyl (C=O) groups excluding carboxylic acids is 1. The molecule has 0 amide bonds. The maximum Gasteiger partial charge on any atom is 0.350 e. The largest absolute Gasteiger partial charge is 0.497 e. The number of cyclic esters (lactones) is 1. The minimum Gasteiger partial charge on any atom is -0.497 e. The summed E-state index contributed by atoms with van der Waals surface area (Å²) in [7, 11) is 3.02. The van der Waals surface area contributed by atoms with E-state index in [0.29, 0.717) is 22.7 Å². The molecule has 0 atom stereocenters. The molecule has 2 rings (SSSR count). The van der Waals surface area contributed by atoms with Crippen LogP contribution in [0.25, 0.3) is 0 Å². The normalized spacial score (nSPS) is 13.6. The number of benzene rings is 1. The van der Waals surface area contributed by atoms with Crippen molar-refractivity contribution in [1.29, 1.82) is 0 Å². The van der Waals surface area contributed by atoms with Crippen molar-refractivity contribution in [2.75, 3.05) is 19.5 Å². The fourth-order valence-corrected chi connectivity index (χ4v) is 1.52. The second-order valence-corrected chi connectivity index (χ2v) is 3.19. The summed E-state index contributed by atoms with van der Waals surface area (Å²) < 4.78 is 15.1. The van der Waals surface area contributed by atoms with Crippen LogP contribution in [0.1, 0.15) is 10.4 Å². The van der Waals surface area contributed by atoms with E-state index in [-0.39, 0.29) is 5.88 Å². The average Bonchev–Trinajstić information content (AvgIpc) is 2.26. The molecule has 0 aromatic heterocycles. The van der Waals surface area contributed by atoms with E-state index in [0.717, 1.165) is 0 Å². The van der Waals surface area contributed by atoms with Crippen molar-refractivity contribution in [3.63, 3.8) is 0 Å². The Kier molecular flexibility index (Phi) is 2.44. The molecule has 0 aliphatic carbocycles. The first-order chi connectivity index (χ1) is 7.65. The highest BCUT2D eigenvalue weighted by molar-refractivity contribution is 6.01. The molecule has 1 aromatic carbocycles. The lowest BCUT2D eigenvalue weighted by atomic mass is 10.1. The highest BCUT2D eigenvalue weighted by Crippen LogP contribution is 2.36. The quantitative estimate of drug-likeness (QED) is 0.771. The lowest BCUT2D eigenvalue weighted by molar-refractivity contribution is 0.0617. The lowest BCUT2D eigenvalue weighted by Crippen LogP contribution is -2.19. The predicted octanol–water partition coefficient (Wildman–Crippen LogP) is 1.76. The van der Waals surface area contributed by atoms with Crippen molar-refractivity contribution >= 4 is 11.7 Å². The maximum atomic E-state index is 11.6. The molecule has 84 valence electrons. The second-order valence-electron chi connectivity index (χ2n) is 3.19. The van der Waals surface area contributed by atoms with E-state index in [1.165, 1.54) is 14.2 Å². The Balaban J connectivity index is 2.60. The van der Waals surface area contributed by atoms with Gasteiger partial charge >= 0.3 is 5.97 Å². The third-order valence-electron chi connectivity index (χ3n) is 2.23. The Morgan fingerprint density at radius 2 is 2.06 bits per heavy atom. The van der Waals surface area contributed by atoms with Crippen molar-refractivity contribution in [2.24, 2.45) is 0 Å². The van der Waals surface area contributed by atoms with E-state index in [2.05, 4.69) is 11.9 Å². The van der Waals surface area contributed by atoms with Gasteiger partial charge in [0, 0.05) is 12.1 Å². The van der Waals surface area contributed by atoms with Gasteiger partial charge in [0.2, 0.25) is 0 Å². The molecular formula is C11H11NO4. The summed E-state index contributed by atoms with van der Waals surface area (Å²) >= 11 is 0. The first-order valence-corrected chi connectivity index (χ1v) is 4.60. The maximum absolute atomic E-state index is 11.6. The summed E-state index contributed by atoms with van der Waals surface area (Å²) in [5.41, 5.74) is 0.910. The second kappa shape index (κ2) is 3.77. The number of carbonyl (C=O) groups is 1. The van der Waals surface area contributed by atoms with Crippen molar-refractivity contribution in [1.82, 2.24) is 0 Å². The summed E-state index contributed by atoms with van der Waals surface area (Å²) in [4.78, 5) is 11.6. The Labute approximate surface area is 92.6 Å². The molecule has 0 unspecified atom stereocenters. The highest BCUT2D eigenvalue weighted by atomic mass is 16.6. The van der Waals surface area contributed by atoms with E-state index in [1.807, 2.05) is 0 Å². The molecular weight excluding hydrogens is 210 g/mol. The van der Waals surface area contributed by atoms with Gasteiger partial charge in [-0.25, -0.2) is 4.79 Å². The summed E-state index contributed by atoms with van der Waals surface area (Å²) in [5.74, 6) is 0.691.